The van der Waals surface area contributed by atoms with E-state index in [2.05, 4.69) is 4.90 Å². The zero-order chi connectivity index (χ0) is 13.1. The largest absolute Gasteiger partial charge is 0.383 e. The lowest BCUT2D eigenvalue weighted by atomic mass is 9.95. The van der Waals surface area contributed by atoms with E-state index in [0.29, 0.717) is 6.61 Å². The van der Waals surface area contributed by atoms with Gasteiger partial charge < -0.3 is 10.5 Å². The first-order chi connectivity index (χ1) is 8.61. The van der Waals surface area contributed by atoms with E-state index in [1.54, 1.807) is 19.2 Å². The SMILES string of the molecule is COCCN1C[C@@H](N)[C@H](c2ccc(F)c(Cl)c2)C1. The molecule has 0 spiro atoms. The van der Waals surface area contributed by atoms with Gasteiger partial charge in [0, 0.05) is 38.7 Å². The molecule has 0 aliphatic carbocycles. The molecular formula is C13H18ClFN2O. The predicted octanol–water partition coefficient (Wildman–Crippen LogP) is 1.85. The predicted molar refractivity (Wildman–Crippen MR) is 70.4 cm³/mol. The van der Waals surface area contributed by atoms with Gasteiger partial charge in [-0.3, -0.25) is 4.90 Å². The molecule has 1 heterocycles. The van der Waals surface area contributed by atoms with Crippen LogP contribution < -0.4 is 5.73 Å². The van der Waals surface area contributed by atoms with Crippen LogP contribution in [0, 0.1) is 5.82 Å². The second-order valence-corrected chi connectivity index (χ2v) is 5.10. The lowest BCUT2D eigenvalue weighted by molar-refractivity contribution is 0.160. The van der Waals surface area contributed by atoms with Crippen LogP contribution in [0.4, 0.5) is 4.39 Å². The standard InChI is InChI=1S/C13H18ClFN2O/c1-18-5-4-17-7-10(13(16)8-17)9-2-3-12(15)11(14)6-9/h2-3,6,10,13H,4-5,7-8,16H2,1H3/t10-,13+/m0/s1. The van der Waals surface area contributed by atoms with E-state index in [1.807, 2.05) is 0 Å². The molecule has 5 heteroatoms. The first-order valence-electron chi connectivity index (χ1n) is 6.03. The minimum atomic E-state index is -0.386. The zero-order valence-corrected chi connectivity index (χ0v) is 11.2. The van der Waals surface area contributed by atoms with Gasteiger partial charge in [-0.15, -0.1) is 0 Å². The van der Waals surface area contributed by atoms with Crippen LogP contribution in [0.1, 0.15) is 11.5 Å². The van der Waals surface area contributed by atoms with Crippen LogP contribution in [-0.4, -0.2) is 44.3 Å². The highest BCUT2D eigenvalue weighted by atomic mass is 35.5. The maximum atomic E-state index is 13.1. The second-order valence-electron chi connectivity index (χ2n) is 4.70. The Hall–Kier alpha value is -0.680. The fraction of sp³-hybridized carbons (Fsp3) is 0.538. The first kappa shape index (κ1) is 13.7. The van der Waals surface area contributed by atoms with Crippen molar-refractivity contribution >= 4 is 11.6 Å². The van der Waals surface area contributed by atoms with Gasteiger partial charge in [0.15, 0.2) is 0 Å². The van der Waals surface area contributed by atoms with Crippen molar-refractivity contribution in [1.82, 2.24) is 4.90 Å². The van der Waals surface area contributed by atoms with E-state index < -0.39 is 0 Å². The minimum Gasteiger partial charge on any atom is -0.383 e. The lowest BCUT2D eigenvalue weighted by Gasteiger charge is -2.16. The van der Waals surface area contributed by atoms with Gasteiger partial charge in [0.2, 0.25) is 0 Å². The molecule has 2 rings (SSSR count). The summed E-state index contributed by atoms with van der Waals surface area (Å²) in [6, 6.07) is 4.91. The maximum absolute atomic E-state index is 13.1. The highest BCUT2D eigenvalue weighted by Crippen LogP contribution is 2.29. The Morgan fingerprint density at radius 1 is 1.50 bits per heavy atom. The maximum Gasteiger partial charge on any atom is 0.141 e. The fourth-order valence-electron chi connectivity index (χ4n) is 2.41. The molecule has 2 N–H and O–H groups in total. The molecule has 2 atom stereocenters. The number of methoxy groups -OCH3 is 1. The Labute approximate surface area is 112 Å². The second kappa shape index (κ2) is 5.97. The Morgan fingerprint density at radius 3 is 2.94 bits per heavy atom. The molecule has 0 amide bonds. The molecule has 18 heavy (non-hydrogen) atoms. The summed E-state index contributed by atoms with van der Waals surface area (Å²) in [7, 11) is 1.69. The number of ether oxygens (including phenoxy) is 1. The molecule has 1 fully saturated rings. The van der Waals surface area contributed by atoms with E-state index in [0.717, 1.165) is 25.2 Å². The summed E-state index contributed by atoms with van der Waals surface area (Å²) in [6.07, 6.45) is 0. The summed E-state index contributed by atoms with van der Waals surface area (Å²) in [5.41, 5.74) is 7.15. The Balaban J connectivity index is 2.06. The number of hydrogen-bond acceptors (Lipinski definition) is 3. The molecule has 0 bridgehead atoms. The number of nitrogens with two attached hydrogens (primary N) is 1. The van der Waals surface area contributed by atoms with E-state index in [9.17, 15) is 4.39 Å². The number of rotatable bonds is 4. The molecule has 0 saturated carbocycles. The molecule has 1 aromatic rings. The fourth-order valence-corrected chi connectivity index (χ4v) is 2.60. The van der Waals surface area contributed by atoms with Gasteiger partial charge in [-0.1, -0.05) is 17.7 Å². The average molecular weight is 273 g/mol. The summed E-state index contributed by atoms with van der Waals surface area (Å²) in [4.78, 5) is 2.26. The third-order valence-electron chi connectivity index (χ3n) is 3.42. The minimum absolute atomic E-state index is 0.0587. The molecular weight excluding hydrogens is 255 g/mol. The van der Waals surface area contributed by atoms with Crippen LogP contribution in [0.25, 0.3) is 0 Å². The van der Waals surface area contributed by atoms with Crippen LogP contribution in [-0.2, 0) is 4.74 Å². The first-order valence-corrected chi connectivity index (χ1v) is 6.41. The number of likely N-dealkylation sites (tertiary alicyclic amines) is 1. The number of halogens is 2. The van der Waals surface area contributed by atoms with Gasteiger partial charge in [-0.25, -0.2) is 4.39 Å². The molecule has 100 valence electrons. The van der Waals surface area contributed by atoms with Crippen molar-refractivity contribution in [2.75, 3.05) is 33.4 Å². The third-order valence-corrected chi connectivity index (χ3v) is 3.71. The van der Waals surface area contributed by atoms with Crippen molar-refractivity contribution in [3.63, 3.8) is 0 Å². The normalized spacial score (nSPS) is 24.7. The molecule has 3 nitrogen and oxygen atoms in total. The van der Waals surface area contributed by atoms with Gasteiger partial charge >= 0.3 is 0 Å². The van der Waals surface area contributed by atoms with E-state index in [-0.39, 0.29) is 22.8 Å². The Morgan fingerprint density at radius 2 is 2.28 bits per heavy atom. The van der Waals surface area contributed by atoms with Crippen molar-refractivity contribution in [2.45, 2.75) is 12.0 Å². The summed E-state index contributed by atoms with van der Waals surface area (Å²) in [5.74, 6) is -0.178. The van der Waals surface area contributed by atoms with Crippen molar-refractivity contribution in [2.24, 2.45) is 5.73 Å². The highest BCUT2D eigenvalue weighted by Gasteiger charge is 2.31. The van der Waals surface area contributed by atoms with Gasteiger partial charge in [-0.2, -0.15) is 0 Å². The molecule has 0 radical (unpaired) electrons. The molecule has 1 aliphatic heterocycles. The smallest absolute Gasteiger partial charge is 0.141 e. The number of benzene rings is 1. The van der Waals surface area contributed by atoms with Crippen LogP contribution in [0.3, 0.4) is 0 Å². The monoisotopic (exact) mass is 272 g/mol. The van der Waals surface area contributed by atoms with E-state index in [1.165, 1.54) is 6.07 Å². The van der Waals surface area contributed by atoms with Crippen LogP contribution >= 0.6 is 11.6 Å². The Kier molecular flexibility index (Phi) is 4.56. The summed E-state index contributed by atoms with van der Waals surface area (Å²) in [5, 5.41) is 0.162. The molecule has 0 unspecified atom stereocenters. The molecule has 1 aromatic carbocycles. The zero-order valence-electron chi connectivity index (χ0n) is 10.4. The quantitative estimate of drug-likeness (QED) is 0.909. The molecule has 1 aliphatic rings. The van der Waals surface area contributed by atoms with Crippen molar-refractivity contribution < 1.29 is 9.13 Å². The summed E-state index contributed by atoms with van der Waals surface area (Å²) >= 11 is 5.81. The van der Waals surface area contributed by atoms with Gasteiger partial charge in [-0.05, 0) is 17.7 Å². The van der Waals surface area contributed by atoms with Crippen molar-refractivity contribution in [1.29, 1.82) is 0 Å². The third kappa shape index (κ3) is 3.01. The number of hydrogen-bond donors (Lipinski definition) is 1. The van der Waals surface area contributed by atoms with E-state index in [4.69, 9.17) is 22.1 Å². The van der Waals surface area contributed by atoms with Crippen LogP contribution in [0.15, 0.2) is 18.2 Å². The van der Waals surface area contributed by atoms with Crippen molar-refractivity contribution in [3.05, 3.63) is 34.6 Å². The number of nitrogens with zero attached hydrogens (tertiary/aromatic N) is 1. The van der Waals surface area contributed by atoms with Crippen molar-refractivity contribution in [3.8, 4) is 0 Å². The molecule has 0 aromatic heterocycles. The molecule has 1 saturated heterocycles. The Bertz CT molecular complexity index is 416. The summed E-state index contributed by atoms with van der Waals surface area (Å²) in [6.45, 7) is 3.27. The van der Waals surface area contributed by atoms with Gasteiger partial charge in [0.1, 0.15) is 5.82 Å². The van der Waals surface area contributed by atoms with Crippen LogP contribution in [0.5, 0.6) is 0 Å². The average Bonchev–Trinajstić information content (AvgIpc) is 2.71. The van der Waals surface area contributed by atoms with Gasteiger partial charge in [0.25, 0.3) is 0 Å². The summed E-state index contributed by atoms with van der Waals surface area (Å²) < 4.78 is 18.2. The van der Waals surface area contributed by atoms with Crippen LogP contribution in [0.2, 0.25) is 5.02 Å². The lowest BCUT2D eigenvalue weighted by Crippen LogP contribution is -2.30. The topological polar surface area (TPSA) is 38.5 Å². The van der Waals surface area contributed by atoms with Gasteiger partial charge in [0.05, 0.1) is 11.6 Å². The van der Waals surface area contributed by atoms with E-state index >= 15 is 0 Å². The highest BCUT2D eigenvalue weighted by molar-refractivity contribution is 6.30.